The fraction of sp³-hybridized carbons (Fsp3) is 0.231. The van der Waals surface area contributed by atoms with Crippen LogP contribution in [0.15, 0.2) is 60.7 Å². The number of amides is 1. The first-order valence-corrected chi connectivity index (χ1v) is 9.88. The number of ketones is 1. The second-order valence-corrected chi connectivity index (χ2v) is 7.70. The predicted octanol–water partition coefficient (Wildman–Crippen LogP) is 5.53. The van der Waals surface area contributed by atoms with Gasteiger partial charge in [-0.2, -0.15) is 0 Å². The molecule has 0 atom stereocenters. The third-order valence-corrected chi connectivity index (χ3v) is 5.46. The second-order valence-electron chi connectivity index (χ2n) is 7.70. The minimum atomic E-state index is -0.169. The monoisotopic (exact) mass is 385 g/mol. The molecule has 0 aliphatic rings. The number of Topliss-reactive ketones (excluding diaryl/α,β-unsaturated/α-hetero) is 1. The van der Waals surface area contributed by atoms with Gasteiger partial charge in [0.1, 0.15) is 5.78 Å². The Balaban J connectivity index is 1.68. The van der Waals surface area contributed by atoms with Crippen molar-refractivity contribution < 1.29 is 9.59 Å². The Hall–Kier alpha value is -3.20. The summed E-state index contributed by atoms with van der Waals surface area (Å²) < 4.78 is 0. The van der Waals surface area contributed by atoms with Crippen molar-refractivity contribution in [2.45, 2.75) is 40.5 Å². The van der Waals surface area contributed by atoms with Gasteiger partial charge in [-0.15, -0.1) is 0 Å². The van der Waals surface area contributed by atoms with Gasteiger partial charge in [0.2, 0.25) is 0 Å². The second kappa shape index (κ2) is 8.87. The summed E-state index contributed by atoms with van der Waals surface area (Å²) in [6.45, 7) is 8.17. The Labute approximate surface area is 172 Å². The van der Waals surface area contributed by atoms with Gasteiger partial charge in [-0.25, -0.2) is 0 Å². The number of nitrogens with one attached hydrogen (secondary N) is 1. The molecule has 3 aromatic rings. The third-order valence-electron chi connectivity index (χ3n) is 5.46. The van der Waals surface area contributed by atoms with E-state index in [0.717, 1.165) is 22.4 Å². The first-order chi connectivity index (χ1) is 13.8. The summed E-state index contributed by atoms with van der Waals surface area (Å²) >= 11 is 0. The first-order valence-electron chi connectivity index (χ1n) is 9.88. The van der Waals surface area contributed by atoms with Crippen molar-refractivity contribution in [1.29, 1.82) is 0 Å². The summed E-state index contributed by atoms with van der Waals surface area (Å²) in [7, 11) is 0. The Morgan fingerprint density at radius 1 is 0.759 bits per heavy atom. The van der Waals surface area contributed by atoms with Gasteiger partial charge >= 0.3 is 0 Å². The van der Waals surface area contributed by atoms with E-state index in [1.165, 1.54) is 16.7 Å². The molecule has 0 unspecified atom stereocenters. The van der Waals surface area contributed by atoms with E-state index in [4.69, 9.17) is 0 Å². The van der Waals surface area contributed by atoms with E-state index in [9.17, 15) is 9.59 Å². The van der Waals surface area contributed by atoms with Gasteiger partial charge in [-0.3, -0.25) is 9.59 Å². The molecule has 3 heteroatoms. The van der Waals surface area contributed by atoms with E-state index in [1.807, 2.05) is 56.3 Å². The molecule has 0 saturated carbocycles. The fourth-order valence-electron chi connectivity index (χ4n) is 3.35. The van der Waals surface area contributed by atoms with Gasteiger partial charge in [0.25, 0.3) is 5.91 Å². The van der Waals surface area contributed by atoms with Crippen molar-refractivity contribution in [3.05, 3.63) is 99.6 Å². The van der Waals surface area contributed by atoms with E-state index in [1.54, 1.807) is 12.1 Å². The average molecular weight is 386 g/mol. The minimum Gasteiger partial charge on any atom is -0.322 e. The highest BCUT2D eigenvalue weighted by molar-refractivity contribution is 6.04. The molecule has 0 bridgehead atoms. The van der Waals surface area contributed by atoms with Crippen LogP contribution in [0.2, 0.25) is 0 Å². The fourth-order valence-corrected chi connectivity index (χ4v) is 3.35. The lowest BCUT2D eigenvalue weighted by Crippen LogP contribution is -2.13. The highest BCUT2D eigenvalue weighted by Crippen LogP contribution is 2.17. The van der Waals surface area contributed by atoms with Crippen LogP contribution >= 0.6 is 0 Å². The number of hydrogen-bond acceptors (Lipinski definition) is 2. The van der Waals surface area contributed by atoms with Crippen LogP contribution in [0.1, 0.15) is 43.7 Å². The van der Waals surface area contributed by atoms with Crippen LogP contribution in [0.4, 0.5) is 5.69 Å². The molecule has 0 fully saturated rings. The van der Waals surface area contributed by atoms with E-state index < -0.39 is 0 Å². The molecule has 0 heterocycles. The quantitative estimate of drug-likeness (QED) is 0.607. The lowest BCUT2D eigenvalue weighted by atomic mass is 9.96. The van der Waals surface area contributed by atoms with Crippen LogP contribution in [-0.4, -0.2) is 11.7 Å². The number of carbonyl (C=O) groups excluding carboxylic acids is 2. The van der Waals surface area contributed by atoms with E-state index in [2.05, 4.69) is 25.2 Å². The number of carbonyl (C=O) groups is 2. The van der Waals surface area contributed by atoms with Crippen LogP contribution in [0, 0.1) is 27.7 Å². The third kappa shape index (κ3) is 5.20. The van der Waals surface area contributed by atoms with Gasteiger partial charge in [0, 0.05) is 24.1 Å². The number of anilines is 1. The molecular formula is C26H27NO2. The lowest BCUT2D eigenvalue weighted by molar-refractivity contribution is -0.117. The molecular weight excluding hydrogens is 358 g/mol. The Kier molecular flexibility index (Phi) is 6.28. The molecule has 29 heavy (non-hydrogen) atoms. The van der Waals surface area contributed by atoms with Crippen molar-refractivity contribution in [3.63, 3.8) is 0 Å². The van der Waals surface area contributed by atoms with Crippen LogP contribution < -0.4 is 5.32 Å². The number of rotatable bonds is 6. The van der Waals surface area contributed by atoms with E-state index in [0.29, 0.717) is 18.4 Å². The maximum Gasteiger partial charge on any atom is 0.255 e. The topological polar surface area (TPSA) is 46.2 Å². The van der Waals surface area contributed by atoms with Crippen molar-refractivity contribution in [1.82, 2.24) is 0 Å². The molecule has 3 rings (SSSR count). The number of hydrogen-bond donors (Lipinski definition) is 1. The molecule has 3 nitrogen and oxygen atoms in total. The van der Waals surface area contributed by atoms with Gasteiger partial charge in [0.15, 0.2) is 0 Å². The molecule has 0 aliphatic heterocycles. The normalized spacial score (nSPS) is 10.6. The molecule has 0 spiro atoms. The van der Waals surface area contributed by atoms with Crippen molar-refractivity contribution in [3.8, 4) is 0 Å². The summed E-state index contributed by atoms with van der Waals surface area (Å²) in [4.78, 5) is 25.2. The SMILES string of the molecule is Cc1ccc(NC(=O)c2cccc(CC(=O)Cc3cccc(C)c3C)c2)cc1C. The van der Waals surface area contributed by atoms with Crippen LogP contribution in [0.3, 0.4) is 0 Å². The van der Waals surface area contributed by atoms with Crippen LogP contribution in [0.5, 0.6) is 0 Å². The molecule has 0 radical (unpaired) electrons. The van der Waals surface area contributed by atoms with E-state index >= 15 is 0 Å². The molecule has 3 aromatic carbocycles. The van der Waals surface area contributed by atoms with Crippen molar-refractivity contribution in [2.75, 3.05) is 5.32 Å². The van der Waals surface area contributed by atoms with Gasteiger partial charge in [-0.05, 0) is 85.3 Å². The summed E-state index contributed by atoms with van der Waals surface area (Å²) in [5.74, 6) is -0.0255. The van der Waals surface area contributed by atoms with Crippen LogP contribution in [-0.2, 0) is 17.6 Å². The minimum absolute atomic E-state index is 0.144. The zero-order valence-corrected chi connectivity index (χ0v) is 17.5. The summed E-state index contributed by atoms with van der Waals surface area (Å²) in [6, 6.07) is 19.2. The molecule has 0 aromatic heterocycles. The zero-order valence-electron chi connectivity index (χ0n) is 17.5. The maximum absolute atomic E-state index is 12.6. The Morgan fingerprint density at radius 2 is 1.52 bits per heavy atom. The number of aryl methyl sites for hydroxylation is 3. The molecule has 148 valence electrons. The molecule has 0 saturated heterocycles. The van der Waals surface area contributed by atoms with Crippen molar-refractivity contribution in [2.24, 2.45) is 0 Å². The van der Waals surface area contributed by atoms with Gasteiger partial charge < -0.3 is 5.32 Å². The lowest BCUT2D eigenvalue weighted by Gasteiger charge is -2.10. The van der Waals surface area contributed by atoms with Crippen LogP contribution in [0.25, 0.3) is 0 Å². The van der Waals surface area contributed by atoms with Crippen molar-refractivity contribution >= 4 is 17.4 Å². The largest absolute Gasteiger partial charge is 0.322 e. The zero-order chi connectivity index (χ0) is 21.0. The molecule has 1 N–H and O–H groups in total. The Morgan fingerprint density at radius 3 is 2.28 bits per heavy atom. The molecule has 1 amide bonds. The smallest absolute Gasteiger partial charge is 0.255 e. The highest BCUT2D eigenvalue weighted by atomic mass is 16.1. The summed E-state index contributed by atoms with van der Waals surface area (Å²) in [5, 5.41) is 2.94. The summed E-state index contributed by atoms with van der Waals surface area (Å²) in [5.41, 5.74) is 7.94. The van der Waals surface area contributed by atoms with Gasteiger partial charge in [-0.1, -0.05) is 36.4 Å². The predicted molar refractivity (Wildman–Crippen MR) is 119 cm³/mol. The molecule has 0 aliphatic carbocycles. The highest BCUT2D eigenvalue weighted by Gasteiger charge is 2.11. The standard InChI is InChI=1S/C26H27NO2/c1-17-11-12-24(13-19(17)3)27-26(29)23-10-6-8-21(14-23)15-25(28)16-22-9-5-7-18(2)20(22)4/h5-14H,15-16H2,1-4H3,(H,27,29). The van der Waals surface area contributed by atoms with E-state index in [-0.39, 0.29) is 11.7 Å². The average Bonchev–Trinajstić information content (AvgIpc) is 2.68. The first kappa shape index (κ1) is 20.5. The Bertz CT molecular complexity index is 1070. The maximum atomic E-state index is 12.6. The number of benzene rings is 3. The van der Waals surface area contributed by atoms with Gasteiger partial charge in [0.05, 0.1) is 0 Å². The summed E-state index contributed by atoms with van der Waals surface area (Å²) in [6.07, 6.45) is 0.727.